The molecule has 0 aliphatic heterocycles. The van der Waals surface area contributed by atoms with Gasteiger partial charge in [-0.15, -0.1) is 0 Å². The summed E-state index contributed by atoms with van der Waals surface area (Å²) in [5, 5.41) is 26.4. The lowest BCUT2D eigenvalue weighted by atomic mass is 10.0. The highest BCUT2D eigenvalue weighted by Crippen LogP contribution is 2.08. The minimum absolute atomic E-state index is 0. The average molecular weight is 286 g/mol. The predicted octanol–water partition coefficient (Wildman–Crippen LogP) is 2.72. The van der Waals surface area contributed by atoms with Crippen LogP contribution in [0, 0.1) is 11.8 Å². The minimum Gasteiger partial charge on any atom is -0.390 e. The molecule has 0 saturated carbocycles. The van der Waals surface area contributed by atoms with Crippen LogP contribution < -0.4 is 0 Å². The average Bonchev–Trinajstić information content (AvgIpc) is 2.26. The molecule has 0 rings (SSSR count). The van der Waals surface area contributed by atoms with Crippen LogP contribution in [0.25, 0.3) is 0 Å². The van der Waals surface area contributed by atoms with Gasteiger partial charge >= 0.3 is 0 Å². The Morgan fingerprint density at radius 1 is 0.737 bits per heavy atom. The maximum atomic E-state index is 11.7. The van der Waals surface area contributed by atoms with Crippen LogP contribution >= 0.6 is 0 Å². The monoisotopic (exact) mass is 286 g/mol. The van der Waals surface area contributed by atoms with Gasteiger partial charge in [0.05, 0.1) is 12.2 Å². The van der Waals surface area contributed by atoms with Gasteiger partial charge in [-0.2, -0.15) is 0 Å². The summed E-state index contributed by atoms with van der Waals surface area (Å²) in [5.74, 6) is 0.678. The van der Waals surface area contributed by atoms with Crippen molar-refractivity contribution >= 4 is 0 Å². The van der Waals surface area contributed by atoms with Crippen LogP contribution in [0.5, 0.6) is 0 Å². The SMILES string of the molecule is C.CC(C)CC(O)C(O)CF.CC(C)CC(O)CF. The van der Waals surface area contributed by atoms with E-state index < -0.39 is 31.7 Å². The van der Waals surface area contributed by atoms with Gasteiger partial charge in [0.2, 0.25) is 0 Å². The van der Waals surface area contributed by atoms with E-state index in [-0.39, 0.29) is 13.3 Å². The molecule has 5 heteroatoms. The van der Waals surface area contributed by atoms with Crippen molar-refractivity contribution in [1.82, 2.24) is 0 Å². The first kappa shape index (κ1) is 23.8. The Bertz CT molecular complexity index is 178. The summed E-state index contributed by atoms with van der Waals surface area (Å²) in [6, 6.07) is 0. The van der Waals surface area contributed by atoms with Crippen molar-refractivity contribution in [2.75, 3.05) is 13.3 Å². The van der Waals surface area contributed by atoms with Crippen molar-refractivity contribution in [3.05, 3.63) is 0 Å². The molecular weight excluding hydrogens is 254 g/mol. The topological polar surface area (TPSA) is 60.7 Å². The molecule has 0 aromatic heterocycles. The standard InChI is InChI=1S/C7H15FO2.C6H13FO.CH4/c1-5(2)3-6(9)7(10)4-8;1-5(2)3-6(8)4-7;/h5-7,9-10H,3-4H2,1-2H3;5-6,8H,3-4H2,1-2H3;1H4. The molecule has 0 amide bonds. The van der Waals surface area contributed by atoms with Crippen molar-refractivity contribution < 1.29 is 24.1 Å². The summed E-state index contributed by atoms with van der Waals surface area (Å²) in [6.45, 7) is 6.26. The van der Waals surface area contributed by atoms with E-state index >= 15 is 0 Å². The van der Waals surface area contributed by atoms with E-state index in [9.17, 15) is 8.78 Å². The molecule has 0 fully saturated rings. The van der Waals surface area contributed by atoms with Crippen molar-refractivity contribution in [1.29, 1.82) is 0 Å². The zero-order valence-electron chi connectivity index (χ0n) is 11.8. The molecule has 0 aromatic rings. The molecule has 3 nitrogen and oxygen atoms in total. The molecule has 3 N–H and O–H groups in total. The number of halogens is 2. The van der Waals surface area contributed by atoms with Crippen LogP contribution in [-0.4, -0.2) is 47.0 Å². The number of aliphatic hydroxyl groups is 3. The Labute approximate surface area is 116 Å². The summed E-state index contributed by atoms with van der Waals surface area (Å²) in [5.41, 5.74) is 0. The lowest BCUT2D eigenvalue weighted by Crippen LogP contribution is -2.28. The van der Waals surface area contributed by atoms with Crippen LogP contribution in [0.3, 0.4) is 0 Å². The fourth-order valence-corrected chi connectivity index (χ4v) is 1.35. The molecule has 0 aromatic carbocycles. The summed E-state index contributed by atoms with van der Waals surface area (Å²) in [7, 11) is 0. The fraction of sp³-hybridized carbons (Fsp3) is 1.00. The van der Waals surface area contributed by atoms with Gasteiger partial charge in [0, 0.05) is 0 Å². The van der Waals surface area contributed by atoms with E-state index in [1.165, 1.54) is 0 Å². The quantitative estimate of drug-likeness (QED) is 0.674. The molecule has 3 atom stereocenters. The van der Waals surface area contributed by atoms with Gasteiger partial charge in [0.1, 0.15) is 19.5 Å². The predicted molar refractivity (Wildman–Crippen MR) is 75.6 cm³/mol. The summed E-state index contributed by atoms with van der Waals surface area (Å²) < 4.78 is 23.2. The maximum Gasteiger partial charge on any atom is 0.118 e. The number of hydrogen-bond acceptors (Lipinski definition) is 3. The lowest BCUT2D eigenvalue weighted by molar-refractivity contribution is -0.00524. The summed E-state index contributed by atoms with van der Waals surface area (Å²) in [4.78, 5) is 0. The van der Waals surface area contributed by atoms with Gasteiger partial charge in [-0.3, -0.25) is 0 Å². The molecule has 3 unspecified atom stereocenters. The fourth-order valence-electron chi connectivity index (χ4n) is 1.35. The molecule has 19 heavy (non-hydrogen) atoms. The highest BCUT2D eigenvalue weighted by Gasteiger charge is 2.16. The van der Waals surface area contributed by atoms with Crippen LogP contribution in [0.1, 0.15) is 48.0 Å². The van der Waals surface area contributed by atoms with Gasteiger partial charge < -0.3 is 15.3 Å². The summed E-state index contributed by atoms with van der Waals surface area (Å²) >= 11 is 0. The smallest absolute Gasteiger partial charge is 0.118 e. The van der Waals surface area contributed by atoms with Crippen LogP contribution in [0.4, 0.5) is 8.78 Å². The van der Waals surface area contributed by atoms with Crippen molar-refractivity contribution in [3.8, 4) is 0 Å². The van der Waals surface area contributed by atoms with Crippen molar-refractivity contribution in [2.45, 2.75) is 66.3 Å². The second-order valence-electron chi connectivity index (χ2n) is 5.36. The normalized spacial score (nSPS) is 15.3. The van der Waals surface area contributed by atoms with E-state index in [0.717, 1.165) is 0 Å². The third kappa shape index (κ3) is 17.7. The third-order valence-electron chi connectivity index (χ3n) is 2.24. The molecule has 0 aliphatic carbocycles. The van der Waals surface area contributed by atoms with Crippen LogP contribution in [0.2, 0.25) is 0 Å². The van der Waals surface area contributed by atoms with Crippen molar-refractivity contribution in [3.63, 3.8) is 0 Å². The van der Waals surface area contributed by atoms with E-state index in [4.69, 9.17) is 15.3 Å². The molecule has 0 radical (unpaired) electrons. The van der Waals surface area contributed by atoms with E-state index in [1.807, 2.05) is 27.7 Å². The first-order chi connectivity index (χ1) is 8.24. The largest absolute Gasteiger partial charge is 0.390 e. The minimum atomic E-state index is -1.21. The van der Waals surface area contributed by atoms with Gasteiger partial charge in [0.15, 0.2) is 0 Å². The Morgan fingerprint density at radius 3 is 1.37 bits per heavy atom. The Hall–Kier alpha value is -0.260. The molecule has 120 valence electrons. The number of aliphatic hydroxyl groups excluding tert-OH is 3. The molecule has 0 aliphatic rings. The second-order valence-corrected chi connectivity index (χ2v) is 5.36. The highest BCUT2D eigenvalue weighted by molar-refractivity contribution is 4.67. The van der Waals surface area contributed by atoms with E-state index in [0.29, 0.717) is 18.8 Å². The Balaban J connectivity index is -0.000000262. The Kier molecular flexibility index (Phi) is 17.7. The number of alkyl halides is 2. The highest BCUT2D eigenvalue weighted by atomic mass is 19.1. The third-order valence-corrected chi connectivity index (χ3v) is 2.24. The zero-order valence-corrected chi connectivity index (χ0v) is 11.8. The maximum absolute atomic E-state index is 11.7. The van der Waals surface area contributed by atoms with Gasteiger partial charge in [-0.05, 0) is 24.7 Å². The van der Waals surface area contributed by atoms with Crippen LogP contribution in [-0.2, 0) is 0 Å². The number of rotatable bonds is 7. The lowest BCUT2D eigenvalue weighted by Gasteiger charge is -2.16. The van der Waals surface area contributed by atoms with E-state index in [1.54, 1.807) is 0 Å². The zero-order chi connectivity index (χ0) is 14.7. The molecular formula is C14H32F2O3. The van der Waals surface area contributed by atoms with Gasteiger partial charge in [-0.25, -0.2) is 8.78 Å². The molecule has 0 heterocycles. The first-order valence-electron chi connectivity index (χ1n) is 6.40. The first-order valence-corrected chi connectivity index (χ1v) is 6.40. The molecule has 0 bridgehead atoms. The summed E-state index contributed by atoms with van der Waals surface area (Å²) in [6.07, 6.45) is -1.84. The van der Waals surface area contributed by atoms with E-state index in [2.05, 4.69) is 0 Å². The number of hydrogen-bond donors (Lipinski definition) is 3. The van der Waals surface area contributed by atoms with Gasteiger partial charge in [0.25, 0.3) is 0 Å². The van der Waals surface area contributed by atoms with Crippen molar-refractivity contribution in [2.24, 2.45) is 11.8 Å². The van der Waals surface area contributed by atoms with Crippen LogP contribution in [0.15, 0.2) is 0 Å². The van der Waals surface area contributed by atoms with Gasteiger partial charge in [-0.1, -0.05) is 35.1 Å². The Morgan fingerprint density at radius 2 is 1.16 bits per heavy atom. The molecule has 0 spiro atoms. The molecule has 0 saturated heterocycles. The second kappa shape index (κ2) is 14.2.